The van der Waals surface area contributed by atoms with Gasteiger partial charge in [0.25, 0.3) is 0 Å². The number of rotatable bonds is 12. The first-order chi connectivity index (χ1) is 20.9. The summed E-state index contributed by atoms with van der Waals surface area (Å²) in [5, 5.41) is 3.02. The molecule has 0 fully saturated rings. The van der Waals surface area contributed by atoms with Crippen LogP contribution in [0.2, 0.25) is 0 Å². The average Bonchev–Trinajstić information content (AvgIpc) is 2.98. The second kappa shape index (κ2) is 14.2. The van der Waals surface area contributed by atoms with Gasteiger partial charge in [0.1, 0.15) is 24.1 Å². The zero-order chi connectivity index (χ0) is 31.7. The predicted octanol–water partition coefficient (Wildman–Crippen LogP) is 5.80. The molecule has 0 unspecified atom stereocenters. The fraction of sp³-hybridized carbons (Fsp3) is 0.257. The Kier molecular flexibility index (Phi) is 10.4. The lowest BCUT2D eigenvalue weighted by atomic mass is 10.0. The summed E-state index contributed by atoms with van der Waals surface area (Å²) in [6.07, 6.45) is 1.32. The molecule has 0 aromatic heterocycles. The Bertz CT molecular complexity index is 1620. The number of hydrogen-bond acceptors (Lipinski definition) is 5. The van der Waals surface area contributed by atoms with Crippen molar-refractivity contribution in [2.45, 2.75) is 45.3 Å². The Labute approximate surface area is 260 Å². The third-order valence-corrected chi connectivity index (χ3v) is 7.89. The van der Waals surface area contributed by atoms with Gasteiger partial charge in [-0.1, -0.05) is 78.9 Å². The molecule has 230 valence electrons. The molecule has 4 aromatic carbocycles. The van der Waals surface area contributed by atoms with Gasteiger partial charge in [-0.05, 0) is 68.3 Å². The van der Waals surface area contributed by atoms with E-state index in [0.717, 1.165) is 21.7 Å². The van der Waals surface area contributed by atoms with Gasteiger partial charge >= 0.3 is 0 Å². The SMILES string of the molecule is CC(C)(C)NC(=O)[C@@H](Cc1ccccc1)N(Cc1ccccc1)C(=O)CN(c1ccc(Oc2ccccc2)cc1)S(C)(=O)=O. The van der Waals surface area contributed by atoms with Gasteiger partial charge in [-0.25, -0.2) is 8.42 Å². The number of carbonyl (C=O) groups is 2. The van der Waals surface area contributed by atoms with Crippen molar-refractivity contribution in [3.8, 4) is 11.5 Å². The molecular formula is C35H39N3O5S. The van der Waals surface area contributed by atoms with E-state index in [2.05, 4.69) is 5.32 Å². The van der Waals surface area contributed by atoms with Crippen molar-refractivity contribution in [2.24, 2.45) is 0 Å². The number of anilines is 1. The summed E-state index contributed by atoms with van der Waals surface area (Å²) in [6.45, 7) is 5.27. The van der Waals surface area contributed by atoms with Gasteiger partial charge < -0.3 is 15.0 Å². The second-order valence-corrected chi connectivity index (χ2v) is 13.5. The Hall–Kier alpha value is -4.63. The predicted molar refractivity (Wildman–Crippen MR) is 174 cm³/mol. The summed E-state index contributed by atoms with van der Waals surface area (Å²) in [6, 6.07) is 33.7. The Balaban J connectivity index is 1.67. The first-order valence-electron chi connectivity index (χ1n) is 14.4. The summed E-state index contributed by atoms with van der Waals surface area (Å²) in [5.41, 5.74) is 1.45. The van der Waals surface area contributed by atoms with Gasteiger partial charge in [0.2, 0.25) is 21.8 Å². The highest BCUT2D eigenvalue weighted by Crippen LogP contribution is 2.26. The van der Waals surface area contributed by atoms with Gasteiger partial charge in [-0.15, -0.1) is 0 Å². The first kappa shape index (κ1) is 32.3. The number of amides is 2. The normalized spacial score (nSPS) is 12.2. The van der Waals surface area contributed by atoms with Crippen molar-refractivity contribution in [3.63, 3.8) is 0 Å². The molecule has 0 aliphatic heterocycles. The van der Waals surface area contributed by atoms with Crippen LogP contribution in [0.3, 0.4) is 0 Å². The third kappa shape index (κ3) is 9.44. The maximum Gasteiger partial charge on any atom is 0.244 e. The van der Waals surface area contributed by atoms with Crippen LogP contribution in [0.25, 0.3) is 0 Å². The van der Waals surface area contributed by atoms with Crippen molar-refractivity contribution in [2.75, 3.05) is 17.1 Å². The van der Waals surface area contributed by atoms with E-state index in [0.29, 0.717) is 17.2 Å². The fourth-order valence-electron chi connectivity index (χ4n) is 4.71. The number of benzene rings is 4. The molecule has 2 amide bonds. The molecule has 0 aliphatic carbocycles. The molecule has 4 rings (SSSR count). The number of para-hydroxylation sites is 1. The molecule has 1 N–H and O–H groups in total. The highest BCUT2D eigenvalue weighted by atomic mass is 32.2. The lowest BCUT2D eigenvalue weighted by Gasteiger charge is -2.35. The maximum absolute atomic E-state index is 14.2. The number of hydrogen-bond donors (Lipinski definition) is 1. The third-order valence-electron chi connectivity index (χ3n) is 6.75. The van der Waals surface area contributed by atoms with Crippen LogP contribution < -0.4 is 14.4 Å². The number of nitrogens with one attached hydrogen (secondary N) is 1. The molecule has 4 aromatic rings. The van der Waals surface area contributed by atoms with E-state index in [1.54, 1.807) is 24.3 Å². The van der Waals surface area contributed by atoms with E-state index in [9.17, 15) is 18.0 Å². The van der Waals surface area contributed by atoms with Crippen LogP contribution >= 0.6 is 0 Å². The topological polar surface area (TPSA) is 96.0 Å². The van der Waals surface area contributed by atoms with Gasteiger partial charge in [-0.3, -0.25) is 13.9 Å². The molecule has 0 heterocycles. The summed E-state index contributed by atoms with van der Waals surface area (Å²) < 4.78 is 33.0. The highest BCUT2D eigenvalue weighted by molar-refractivity contribution is 7.92. The minimum Gasteiger partial charge on any atom is -0.457 e. The van der Waals surface area contributed by atoms with Crippen molar-refractivity contribution in [1.82, 2.24) is 10.2 Å². The minimum absolute atomic E-state index is 0.121. The second-order valence-electron chi connectivity index (χ2n) is 11.6. The molecular weight excluding hydrogens is 574 g/mol. The van der Waals surface area contributed by atoms with Crippen LogP contribution in [0.15, 0.2) is 115 Å². The number of sulfonamides is 1. The summed E-state index contributed by atoms with van der Waals surface area (Å²) in [5.74, 6) is 0.338. The Morgan fingerprint density at radius 2 is 1.25 bits per heavy atom. The monoisotopic (exact) mass is 613 g/mol. The van der Waals surface area contributed by atoms with Gasteiger partial charge in [0, 0.05) is 18.5 Å². The number of ether oxygens (including phenoxy) is 1. The largest absolute Gasteiger partial charge is 0.457 e. The van der Waals surface area contributed by atoms with E-state index in [4.69, 9.17) is 4.74 Å². The van der Waals surface area contributed by atoms with Crippen LogP contribution in [0.5, 0.6) is 11.5 Å². The smallest absolute Gasteiger partial charge is 0.244 e. The van der Waals surface area contributed by atoms with Crippen molar-refractivity contribution < 1.29 is 22.7 Å². The number of nitrogens with zero attached hydrogens (tertiary/aromatic N) is 2. The van der Waals surface area contributed by atoms with Gasteiger partial charge in [0.15, 0.2) is 0 Å². The lowest BCUT2D eigenvalue weighted by Crippen LogP contribution is -2.56. The summed E-state index contributed by atoms with van der Waals surface area (Å²) in [4.78, 5) is 29.5. The fourth-order valence-corrected chi connectivity index (χ4v) is 5.56. The molecule has 0 bridgehead atoms. The zero-order valence-corrected chi connectivity index (χ0v) is 26.3. The first-order valence-corrected chi connectivity index (χ1v) is 16.2. The van der Waals surface area contributed by atoms with Crippen LogP contribution in [0.1, 0.15) is 31.9 Å². The number of carbonyl (C=O) groups excluding carboxylic acids is 2. The van der Waals surface area contributed by atoms with Crippen LogP contribution in [-0.2, 0) is 32.6 Å². The van der Waals surface area contributed by atoms with Crippen molar-refractivity contribution in [1.29, 1.82) is 0 Å². The van der Waals surface area contributed by atoms with E-state index in [1.807, 2.05) is 112 Å². The van der Waals surface area contributed by atoms with E-state index < -0.39 is 34.1 Å². The van der Waals surface area contributed by atoms with Gasteiger partial charge in [-0.2, -0.15) is 0 Å². The summed E-state index contributed by atoms with van der Waals surface area (Å²) in [7, 11) is -3.88. The molecule has 8 nitrogen and oxygen atoms in total. The molecule has 0 saturated carbocycles. The molecule has 0 spiro atoms. The van der Waals surface area contributed by atoms with E-state index >= 15 is 0 Å². The van der Waals surface area contributed by atoms with Crippen LogP contribution in [0, 0.1) is 0 Å². The Morgan fingerprint density at radius 1 is 0.750 bits per heavy atom. The molecule has 44 heavy (non-hydrogen) atoms. The molecule has 0 saturated heterocycles. The zero-order valence-electron chi connectivity index (χ0n) is 25.5. The quantitative estimate of drug-likeness (QED) is 0.218. The maximum atomic E-state index is 14.2. The highest BCUT2D eigenvalue weighted by Gasteiger charge is 2.34. The molecule has 1 atom stereocenters. The van der Waals surface area contributed by atoms with E-state index in [1.165, 1.54) is 4.90 Å². The molecule has 0 aliphatic rings. The average molecular weight is 614 g/mol. The van der Waals surface area contributed by atoms with Crippen LogP contribution in [0.4, 0.5) is 5.69 Å². The van der Waals surface area contributed by atoms with Gasteiger partial charge in [0.05, 0.1) is 11.9 Å². The minimum atomic E-state index is -3.88. The lowest BCUT2D eigenvalue weighted by molar-refractivity contribution is -0.140. The van der Waals surface area contributed by atoms with E-state index in [-0.39, 0.29) is 18.9 Å². The Morgan fingerprint density at radius 3 is 1.77 bits per heavy atom. The molecule has 9 heteroatoms. The van der Waals surface area contributed by atoms with Crippen LogP contribution in [-0.4, -0.2) is 49.5 Å². The standard InChI is InChI=1S/C35H39N3O5S/c1-35(2,3)36-34(40)32(24-27-14-8-5-9-15-27)37(25-28-16-10-6-11-17-28)33(39)26-38(44(4,41)42)29-20-22-31(23-21-29)43-30-18-12-7-13-19-30/h5-23,32H,24-26H2,1-4H3,(H,36,40)/t32-/m1/s1. The molecule has 0 radical (unpaired) electrons. The van der Waals surface area contributed by atoms with Crippen molar-refractivity contribution in [3.05, 3.63) is 126 Å². The summed E-state index contributed by atoms with van der Waals surface area (Å²) >= 11 is 0. The van der Waals surface area contributed by atoms with Crippen molar-refractivity contribution >= 4 is 27.5 Å².